The molecule has 224 valence electrons. The van der Waals surface area contributed by atoms with Gasteiger partial charge in [-0.15, -0.1) is 11.3 Å². The van der Waals surface area contributed by atoms with E-state index in [0.717, 1.165) is 43.7 Å². The Morgan fingerprint density at radius 3 is 2.76 bits per heavy atom. The molecule has 0 bridgehead atoms. The number of anilines is 1. The van der Waals surface area contributed by atoms with Gasteiger partial charge in [-0.1, -0.05) is 0 Å². The van der Waals surface area contributed by atoms with Crippen LogP contribution >= 0.6 is 27.3 Å². The van der Waals surface area contributed by atoms with E-state index in [1.807, 2.05) is 39.0 Å². The molecule has 1 aromatic carbocycles. The van der Waals surface area contributed by atoms with Gasteiger partial charge >= 0.3 is 12.1 Å². The average molecular weight is 660 g/mol. The highest BCUT2D eigenvalue weighted by molar-refractivity contribution is 9.10. The number of fused-ring (bicyclic) bond motifs is 1. The molecule has 5 rings (SSSR count). The number of ether oxygens (including phenoxy) is 2. The molecular weight excluding hydrogens is 624 g/mol. The van der Waals surface area contributed by atoms with E-state index in [0.29, 0.717) is 32.2 Å². The summed E-state index contributed by atoms with van der Waals surface area (Å²) >= 11 is 5.18. The number of halogens is 1. The second kappa shape index (κ2) is 11.7. The number of carbonyl (C=O) groups excluding carboxylic acids is 3. The van der Waals surface area contributed by atoms with Gasteiger partial charge in [-0.3, -0.25) is 10.1 Å². The Morgan fingerprint density at radius 1 is 1.26 bits per heavy atom. The van der Waals surface area contributed by atoms with Crippen LogP contribution in [-0.4, -0.2) is 81.2 Å². The van der Waals surface area contributed by atoms with Crippen molar-refractivity contribution in [1.82, 2.24) is 25.1 Å². The first-order valence-electron chi connectivity index (χ1n) is 13.9. The molecule has 11 nitrogen and oxygen atoms in total. The minimum absolute atomic E-state index is 0.0251. The number of carbonyl (C=O) groups is 3. The lowest BCUT2D eigenvalue weighted by Crippen LogP contribution is -2.46. The molecule has 2 fully saturated rings. The number of hydrogen-bond donors (Lipinski definition) is 2. The van der Waals surface area contributed by atoms with E-state index in [4.69, 9.17) is 14.5 Å². The number of likely N-dealkylation sites (tertiary alicyclic amines) is 1. The number of nitrogens with one attached hydrogen (secondary N) is 2. The van der Waals surface area contributed by atoms with E-state index >= 15 is 0 Å². The van der Waals surface area contributed by atoms with Crippen LogP contribution in [0.25, 0.3) is 20.7 Å². The Kier molecular flexibility index (Phi) is 8.35. The fourth-order valence-corrected chi connectivity index (χ4v) is 6.55. The Morgan fingerprint density at radius 2 is 2.05 bits per heavy atom. The summed E-state index contributed by atoms with van der Waals surface area (Å²) in [6.07, 6.45) is 3.20. The van der Waals surface area contributed by atoms with Gasteiger partial charge in [0.15, 0.2) is 0 Å². The number of rotatable bonds is 8. The van der Waals surface area contributed by atoms with Crippen molar-refractivity contribution in [3.8, 4) is 16.3 Å². The Labute approximate surface area is 257 Å². The molecule has 2 aliphatic rings. The number of benzene rings is 1. The molecule has 4 heterocycles. The van der Waals surface area contributed by atoms with Gasteiger partial charge in [0.2, 0.25) is 5.95 Å². The number of urea groups is 1. The number of thiophene rings is 1. The average Bonchev–Trinajstić information content (AvgIpc) is 3.60. The second-order valence-electron chi connectivity index (χ2n) is 11.9. The maximum absolute atomic E-state index is 12.6. The monoisotopic (exact) mass is 658 g/mol. The second-order valence-corrected chi connectivity index (χ2v) is 13.8. The van der Waals surface area contributed by atoms with Crippen molar-refractivity contribution in [1.29, 1.82) is 0 Å². The number of aromatic nitrogens is 2. The van der Waals surface area contributed by atoms with Crippen molar-refractivity contribution in [2.45, 2.75) is 64.6 Å². The summed E-state index contributed by atoms with van der Waals surface area (Å²) < 4.78 is 13.5. The van der Waals surface area contributed by atoms with Gasteiger partial charge in [-0.25, -0.2) is 19.6 Å². The van der Waals surface area contributed by atoms with E-state index in [1.54, 1.807) is 36.3 Å². The van der Waals surface area contributed by atoms with Gasteiger partial charge in [0, 0.05) is 30.5 Å². The molecule has 4 amide bonds. The zero-order valence-electron chi connectivity index (χ0n) is 24.3. The highest BCUT2D eigenvalue weighted by Gasteiger charge is 2.45. The summed E-state index contributed by atoms with van der Waals surface area (Å²) in [5.74, 6) is 0.846. The first kappa shape index (κ1) is 30.0. The van der Waals surface area contributed by atoms with Crippen molar-refractivity contribution in [2.24, 2.45) is 0 Å². The van der Waals surface area contributed by atoms with Crippen LogP contribution in [-0.2, 0) is 9.53 Å². The zero-order valence-corrected chi connectivity index (χ0v) is 26.7. The molecule has 0 radical (unpaired) electrons. The van der Waals surface area contributed by atoms with E-state index in [9.17, 15) is 14.4 Å². The number of hydrogen-bond acceptors (Lipinski definition) is 9. The molecule has 2 N–H and O–H groups in total. The normalized spacial score (nSPS) is 18.5. The first-order valence-corrected chi connectivity index (χ1v) is 15.5. The van der Waals surface area contributed by atoms with Gasteiger partial charge in [-0.05, 0) is 93.0 Å². The number of amides is 4. The number of nitrogens with zero attached hydrogens (tertiary/aromatic N) is 4. The summed E-state index contributed by atoms with van der Waals surface area (Å²) in [6.45, 7) is 10.8. The third kappa shape index (κ3) is 6.46. The molecule has 2 saturated heterocycles. The van der Waals surface area contributed by atoms with Gasteiger partial charge in [0.1, 0.15) is 29.2 Å². The Bertz CT molecular complexity index is 1520. The summed E-state index contributed by atoms with van der Waals surface area (Å²) in [5, 5.41) is 6.54. The van der Waals surface area contributed by atoms with Crippen LogP contribution in [0.1, 0.15) is 47.5 Å². The minimum Gasteiger partial charge on any atom is -0.491 e. The SMILES string of the molecule is CC(C)(C)OC(=O)N1CCCC1COc1ccc2sc(-c3nc(NCCN4C(=O)NC(=O)C4(C)C)ncc3Br)cc2c1. The summed E-state index contributed by atoms with van der Waals surface area (Å²) in [6, 6.07) is 7.61. The van der Waals surface area contributed by atoms with Crippen LogP contribution in [0.5, 0.6) is 5.75 Å². The van der Waals surface area contributed by atoms with Crippen molar-refractivity contribution < 1.29 is 23.9 Å². The number of imide groups is 1. The van der Waals surface area contributed by atoms with E-state index in [1.165, 1.54) is 4.90 Å². The van der Waals surface area contributed by atoms with Crippen LogP contribution in [0.3, 0.4) is 0 Å². The van der Waals surface area contributed by atoms with Crippen LogP contribution in [0.2, 0.25) is 0 Å². The van der Waals surface area contributed by atoms with Gasteiger partial charge < -0.3 is 24.6 Å². The van der Waals surface area contributed by atoms with Crippen LogP contribution < -0.4 is 15.4 Å². The quantitative estimate of drug-likeness (QED) is 0.298. The molecule has 1 atom stereocenters. The van der Waals surface area contributed by atoms with Gasteiger partial charge in [-0.2, -0.15) is 0 Å². The molecular formula is C29H35BrN6O5S. The Balaban J connectivity index is 1.24. The van der Waals surface area contributed by atoms with Crippen LogP contribution in [0, 0.1) is 0 Å². The van der Waals surface area contributed by atoms with Crippen molar-refractivity contribution >= 4 is 61.3 Å². The largest absolute Gasteiger partial charge is 0.491 e. The standard InChI is InChI=1S/C29H35BrN6O5S/c1-28(2,3)41-27(39)35-11-6-7-18(35)16-40-19-8-9-21-17(13-19)14-22(42-21)23-20(30)15-32-25(33-23)31-10-12-36-26(38)34-24(37)29(36,4)5/h8-9,13-15,18H,6-7,10-12,16H2,1-5H3,(H,31,32,33)(H,34,37,38). The molecule has 3 aromatic rings. The van der Waals surface area contributed by atoms with Gasteiger partial charge in [0.05, 0.1) is 15.4 Å². The van der Waals surface area contributed by atoms with Crippen LogP contribution in [0.15, 0.2) is 34.9 Å². The lowest BCUT2D eigenvalue weighted by atomic mass is 10.0. The third-order valence-electron chi connectivity index (χ3n) is 7.23. The van der Waals surface area contributed by atoms with Gasteiger partial charge in [0.25, 0.3) is 5.91 Å². The van der Waals surface area contributed by atoms with E-state index in [2.05, 4.69) is 37.6 Å². The lowest BCUT2D eigenvalue weighted by Gasteiger charge is -2.28. The summed E-state index contributed by atoms with van der Waals surface area (Å²) in [7, 11) is 0. The molecule has 0 saturated carbocycles. The summed E-state index contributed by atoms with van der Waals surface area (Å²) in [5.41, 5.74) is -0.699. The Hall–Kier alpha value is -3.45. The molecule has 2 aromatic heterocycles. The maximum Gasteiger partial charge on any atom is 0.410 e. The van der Waals surface area contributed by atoms with E-state index in [-0.39, 0.29) is 18.0 Å². The topological polar surface area (TPSA) is 126 Å². The van der Waals surface area contributed by atoms with Crippen LogP contribution in [0.4, 0.5) is 15.5 Å². The minimum atomic E-state index is -0.904. The maximum atomic E-state index is 12.6. The van der Waals surface area contributed by atoms with Crippen molar-refractivity contribution in [3.63, 3.8) is 0 Å². The highest BCUT2D eigenvalue weighted by atomic mass is 79.9. The first-order chi connectivity index (χ1) is 19.8. The smallest absolute Gasteiger partial charge is 0.410 e. The fraction of sp³-hybridized carbons (Fsp3) is 0.483. The molecule has 1 unspecified atom stereocenters. The summed E-state index contributed by atoms with van der Waals surface area (Å²) in [4.78, 5) is 50.0. The molecule has 13 heteroatoms. The third-order valence-corrected chi connectivity index (χ3v) is 8.93. The molecule has 2 aliphatic heterocycles. The predicted octanol–water partition coefficient (Wildman–Crippen LogP) is 5.64. The van der Waals surface area contributed by atoms with Crippen molar-refractivity contribution in [2.75, 3.05) is 31.6 Å². The molecule has 42 heavy (non-hydrogen) atoms. The van der Waals surface area contributed by atoms with E-state index < -0.39 is 17.2 Å². The van der Waals surface area contributed by atoms with Crippen molar-refractivity contribution in [3.05, 3.63) is 34.9 Å². The fourth-order valence-electron chi connectivity index (χ4n) is 4.97. The molecule has 0 spiro atoms. The zero-order chi connectivity index (χ0) is 30.2. The highest BCUT2D eigenvalue weighted by Crippen LogP contribution is 2.37. The molecule has 0 aliphatic carbocycles. The predicted molar refractivity (Wildman–Crippen MR) is 165 cm³/mol. The lowest BCUT2D eigenvalue weighted by molar-refractivity contribution is -0.125.